The zero-order valence-corrected chi connectivity index (χ0v) is 18.2. The zero-order valence-electron chi connectivity index (χ0n) is 18.2. The molecule has 0 N–H and O–H groups in total. The molecular weight excluding hydrogens is 356 g/mol. The van der Waals surface area contributed by atoms with Crippen molar-refractivity contribution in [2.45, 2.75) is 84.5 Å². The van der Waals surface area contributed by atoms with Crippen molar-refractivity contribution in [3.8, 4) is 0 Å². The Hall–Kier alpha value is -1.18. The summed E-state index contributed by atoms with van der Waals surface area (Å²) in [5, 5.41) is 0. The van der Waals surface area contributed by atoms with Crippen molar-refractivity contribution in [1.29, 1.82) is 0 Å². The predicted octanol–water partition coefficient (Wildman–Crippen LogP) is 6.06. The molecule has 2 nitrogen and oxygen atoms in total. The van der Waals surface area contributed by atoms with Gasteiger partial charge in [-0.2, -0.15) is 0 Å². The summed E-state index contributed by atoms with van der Waals surface area (Å²) in [5.41, 5.74) is 3.42. The zero-order chi connectivity index (χ0) is 20.0. The molecule has 6 aliphatic carbocycles. The van der Waals surface area contributed by atoms with E-state index < -0.39 is 0 Å². The number of hydrogen-bond donors (Lipinski definition) is 0. The lowest BCUT2D eigenvalue weighted by Gasteiger charge is -2.58. The molecule has 0 aromatic rings. The molecule has 8 atom stereocenters. The normalized spacial score (nSPS) is 51.1. The van der Waals surface area contributed by atoms with Gasteiger partial charge >= 0.3 is 0 Å². The van der Waals surface area contributed by atoms with Crippen LogP contribution in [0.4, 0.5) is 0 Å². The molecule has 156 valence electrons. The number of fused-ring (bicyclic) bond motifs is 9. The lowest BCUT2D eigenvalue weighted by molar-refractivity contribution is -0.129. The lowest BCUT2D eigenvalue weighted by atomic mass is 9.46. The van der Waals surface area contributed by atoms with Crippen LogP contribution < -0.4 is 0 Å². The van der Waals surface area contributed by atoms with Gasteiger partial charge < -0.3 is 0 Å². The Morgan fingerprint density at radius 3 is 2.59 bits per heavy atom. The highest BCUT2D eigenvalue weighted by Crippen LogP contribution is 2.70. The third-order valence-electron chi connectivity index (χ3n) is 10.9. The van der Waals surface area contributed by atoms with Crippen LogP contribution in [-0.4, -0.2) is 11.6 Å². The van der Waals surface area contributed by atoms with Crippen molar-refractivity contribution >= 4 is 11.6 Å². The highest BCUT2D eigenvalue weighted by Gasteiger charge is 2.64. The Morgan fingerprint density at radius 2 is 1.72 bits per heavy atom. The van der Waals surface area contributed by atoms with Crippen LogP contribution in [-0.2, 0) is 9.59 Å². The van der Waals surface area contributed by atoms with Crippen LogP contribution >= 0.6 is 0 Å². The summed E-state index contributed by atoms with van der Waals surface area (Å²) in [6.45, 7) is 4.97. The number of carbonyl (C=O) groups is 2. The van der Waals surface area contributed by atoms with Crippen LogP contribution in [0, 0.1) is 46.3 Å². The topological polar surface area (TPSA) is 34.1 Å². The molecule has 0 spiro atoms. The molecule has 0 amide bonds. The Morgan fingerprint density at radius 1 is 0.862 bits per heavy atom. The maximum absolute atomic E-state index is 13.4. The summed E-state index contributed by atoms with van der Waals surface area (Å²) >= 11 is 0. The Labute approximate surface area is 175 Å². The maximum atomic E-state index is 13.4. The minimum Gasteiger partial charge on any atom is -0.295 e. The summed E-state index contributed by atoms with van der Waals surface area (Å²) < 4.78 is 0. The Kier molecular flexibility index (Phi) is 3.95. The van der Waals surface area contributed by atoms with Crippen molar-refractivity contribution in [3.05, 3.63) is 23.3 Å². The number of ketones is 2. The molecule has 0 aromatic heterocycles. The fraction of sp³-hybridized carbons (Fsp3) is 0.778. The van der Waals surface area contributed by atoms with E-state index in [2.05, 4.69) is 19.9 Å². The van der Waals surface area contributed by atoms with E-state index in [-0.39, 0.29) is 16.7 Å². The van der Waals surface area contributed by atoms with Crippen molar-refractivity contribution in [1.82, 2.24) is 0 Å². The second-order valence-electron chi connectivity index (χ2n) is 11.9. The lowest BCUT2D eigenvalue weighted by Crippen LogP contribution is -2.51. The Bertz CT molecular complexity index is 833. The maximum Gasteiger partial charge on any atom is 0.159 e. The van der Waals surface area contributed by atoms with E-state index in [4.69, 9.17) is 0 Å². The molecule has 29 heavy (non-hydrogen) atoms. The first kappa shape index (κ1) is 18.6. The summed E-state index contributed by atoms with van der Waals surface area (Å²) in [7, 11) is 0. The first-order chi connectivity index (χ1) is 13.9. The van der Waals surface area contributed by atoms with Gasteiger partial charge in [-0.3, -0.25) is 9.59 Å². The molecule has 0 radical (unpaired) electrons. The average molecular weight is 393 g/mol. The highest BCUT2D eigenvalue weighted by molar-refractivity contribution is 5.95. The van der Waals surface area contributed by atoms with Gasteiger partial charge in [0, 0.05) is 12.3 Å². The summed E-state index contributed by atoms with van der Waals surface area (Å²) in [6.07, 6.45) is 17.2. The summed E-state index contributed by atoms with van der Waals surface area (Å²) in [6, 6.07) is 0. The fourth-order valence-corrected chi connectivity index (χ4v) is 9.59. The SMILES string of the molecule is CC12CCC(=O)C=C1CCC1C2CCC2(C)C1CC1C3CCCCC3=CC(=O)C12. The molecule has 6 rings (SSSR count). The number of carbonyl (C=O) groups excluding carboxylic acids is 2. The van der Waals surface area contributed by atoms with Crippen molar-refractivity contribution in [2.24, 2.45) is 46.3 Å². The first-order valence-corrected chi connectivity index (χ1v) is 12.4. The van der Waals surface area contributed by atoms with Crippen LogP contribution in [0.5, 0.6) is 0 Å². The van der Waals surface area contributed by atoms with Crippen molar-refractivity contribution < 1.29 is 9.59 Å². The molecular formula is C27H36O2. The molecule has 4 saturated carbocycles. The van der Waals surface area contributed by atoms with E-state index in [0.29, 0.717) is 29.3 Å². The van der Waals surface area contributed by atoms with E-state index in [9.17, 15) is 9.59 Å². The third-order valence-corrected chi connectivity index (χ3v) is 10.9. The van der Waals surface area contributed by atoms with Gasteiger partial charge in [-0.1, -0.05) is 31.4 Å². The van der Waals surface area contributed by atoms with Gasteiger partial charge in [-0.05, 0) is 110 Å². The van der Waals surface area contributed by atoms with E-state index in [1.165, 1.54) is 62.5 Å². The monoisotopic (exact) mass is 392 g/mol. The second kappa shape index (κ2) is 6.17. The highest BCUT2D eigenvalue weighted by atomic mass is 16.1. The third kappa shape index (κ3) is 2.41. The molecule has 0 heterocycles. The van der Waals surface area contributed by atoms with Gasteiger partial charge in [-0.15, -0.1) is 0 Å². The molecule has 0 bridgehead atoms. The van der Waals surface area contributed by atoms with Crippen LogP contribution in [0.25, 0.3) is 0 Å². The van der Waals surface area contributed by atoms with Gasteiger partial charge in [-0.25, -0.2) is 0 Å². The second-order valence-corrected chi connectivity index (χ2v) is 11.9. The molecule has 4 fully saturated rings. The van der Waals surface area contributed by atoms with Gasteiger partial charge in [0.05, 0.1) is 0 Å². The fourth-order valence-electron chi connectivity index (χ4n) is 9.59. The van der Waals surface area contributed by atoms with Crippen LogP contribution in [0.2, 0.25) is 0 Å². The van der Waals surface area contributed by atoms with Gasteiger partial charge in [0.1, 0.15) is 0 Å². The molecule has 2 heteroatoms. The molecule has 0 aliphatic heterocycles. The number of rotatable bonds is 0. The van der Waals surface area contributed by atoms with Gasteiger partial charge in [0.25, 0.3) is 0 Å². The number of hydrogen-bond acceptors (Lipinski definition) is 2. The quantitative estimate of drug-likeness (QED) is 0.502. The van der Waals surface area contributed by atoms with Gasteiger partial charge in [0.2, 0.25) is 0 Å². The number of allylic oxidation sites excluding steroid dienone is 3. The summed E-state index contributed by atoms with van der Waals surface area (Å²) in [5.74, 6) is 4.65. The standard InChI is InChI=1S/C27H36O2/c1-26-11-9-18(28)14-17(26)7-8-20-22(26)10-12-27(2)23(20)15-21-19-6-4-3-5-16(19)13-24(29)25(21)27/h13-14,19-23,25H,3-12,15H2,1-2H3. The smallest absolute Gasteiger partial charge is 0.159 e. The predicted molar refractivity (Wildman–Crippen MR) is 114 cm³/mol. The van der Waals surface area contributed by atoms with E-state index in [1.807, 2.05) is 6.08 Å². The minimum atomic E-state index is 0.213. The van der Waals surface area contributed by atoms with Crippen molar-refractivity contribution in [3.63, 3.8) is 0 Å². The minimum absolute atomic E-state index is 0.213. The molecule has 0 aromatic carbocycles. The largest absolute Gasteiger partial charge is 0.295 e. The van der Waals surface area contributed by atoms with Crippen LogP contribution in [0.15, 0.2) is 23.3 Å². The Balaban J connectivity index is 1.36. The van der Waals surface area contributed by atoms with Crippen LogP contribution in [0.1, 0.15) is 84.5 Å². The molecule has 0 saturated heterocycles. The van der Waals surface area contributed by atoms with Gasteiger partial charge in [0.15, 0.2) is 11.6 Å². The summed E-state index contributed by atoms with van der Waals surface area (Å²) in [4.78, 5) is 25.4. The van der Waals surface area contributed by atoms with Crippen LogP contribution in [0.3, 0.4) is 0 Å². The van der Waals surface area contributed by atoms with Crippen molar-refractivity contribution in [2.75, 3.05) is 0 Å². The van der Waals surface area contributed by atoms with E-state index >= 15 is 0 Å². The van der Waals surface area contributed by atoms with E-state index in [1.54, 1.807) is 0 Å². The first-order valence-electron chi connectivity index (χ1n) is 12.4. The molecule has 6 aliphatic rings. The van der Waals surface area contributed by atoms with E-state index in [0.717, 1.165) is 31.1 Å². The average Bonchev–Trinajstić information content (AvgIpc) is 3.03. The molecule has 8 unspecified atom stereocenters.